The number of benzene rings is 2. The van der Waals surface area contributed by atoms with Gasteiger partial charge in [0.15, 0.2) is 0 Å². The predicted molar refractivity (Wildman–Crippen MR) is 238 cm³/mol. The van der Waals surface area contributed by atoms with Crippen molar-refractivity contribution in [2.45, 2.75) is 91.4 Å². The minimum absolute atomic E-state index is 0.0551. The highest BCUT2D eigenvalue weighted by Crippen LogP contribution is 2.33. The summed E-state index contributed by atoms with van der Waals surface area (Å²) in [6.07, 6.45) is 14.8. The Balaban J connectivity index is 0.000000823. The number of hydrogen-bond donors (Lipinski definition) is 3. The standard InChI is InChI=1S/C34H44N2O4S.C6H12O4S.C5H12O/c1-6-8-12-25(7-2)20-27-15-16-28(23-40-4)36(27)22-26-14-17-30(31(21-26)29-13-10-9-11-24(29)3)33(37)35-32(34(38)39)18-19-41-5;1-5(6(7)8)3-4-11(2,9)10;1-5(2)4-6-3/h6-14,17,21,27-28,32H,1,15-16,18-20,22-23H2,2-5H3,(H,35,37)(H,38,39);5H,3-4H2,1-2H3,(H,7,8);5H,4H2,1-3H3/b12-8-,25-7+;;/t27?,28-,32?;;/m1../s1. The van der Waals surface area contributed by atoms with E-state index in [1.165, 1.54) is 12.5 Å². The molecule has 3 unspecified atom stereocenters. The summed E-state index contributed by atoms with van der Waals surface area (Å²) < 4.78 is 31.5. The van der Waals surface area contributed by atoms with Gasteiger partial charge in [-0.05, 0) is 98.3 Å². The number of carboxylic acids is 2. The maximum Gasteiger partial charge on any atom is 0.326 e. The van der Waals surface area contributed by atoms with Crippen LogP contribution >= 0.6 is 11.8 Å². The van der Waals surface area contributed by atoms with E-state index in [4.69, 9.17) is 14.6 Å². The topological polar surface area (TPSA) is 160 Å². The van der Waals surface area contributed by atoms with Crippen molar-refractivity contribution < 1.29 is 42.5 Å². The Morgan fingerprint density at radius 1 is 1.00 bits per heavy atom. The highest BCUT2D eigenvalue weighted by Gasteiger charge is 2.34. The number of methoxy groups -OCH3 is 2. The number of carboxylic acid groups (broad SMARTS) is 2. The molecule has 2 aromatic carbocycles. The number of nitrogens with zero attached hydrogens (tertiary/aromatic N) is 1. The molecule has 1 aliphatic rings. The van der Waals surface area contributed by atoms with Crippen molar-refractivity contribution in [2.24, 2.45) is 11.8 Å². The molecule has 0 spiro atoms. The smallest absolute Gasteiger partial charge is 0.326 e. The average Bonchev–Trinajstić information content (AvgIpc) is 3.53. The van der Waals surface area contributed by atoms with E-state index in [0.29, 0.717) is 42.3 Å². The van der Waals surface area contributed by atoms with Gasteiger partial charge in [0.2, 0.25) is 0 Å². The van der Waals surface area contributed by atoms with E-state index in [0.717, 1.165) is 60.9 Å². The van der Waals surface area contributed by atoms with Crippen LogP contribution in [-0.4, -0.2) is 111 Å². The van der Waals surface area contributed by atoms with Crippen LogP contribution in [0.1, 0.15) is 81.3 Å². The second-order valence-corrected chi connectivity index (χ2v) is 18.3. The third kappa shape index (κ3) is 19.8. The maximum absolute atomic E-state index is 13.5. The van der Waals surface area contributed by atoms with Crippen LogP contribution < -0.4 is 5.32 Å². The summed E-state index contributed by atoms with van der Waals surface area (Å²) in [4.78, 5) is 38.1. The lowest BCUT2D eigenvalue weighted by Gasteiger charge is -2.31. The molecule has 3 N–H and O–H groups in total. The number of amides is 1. The molecule has 4 atom stereocenters. The van der Waals surface area contributed by atoms with Gasteiger partial charge in [0.25, 0.3) is 5.91 Å². The van der Waals surface area contributed by atoms with Crippen molar-refractivity contribution >= 4 is 39.4 Å². The van der Waals surface area contributed by atoms with Crippen LogP contribution in [0.3, 0.4) is 0 Å². The summed E-state index contributed by atoms with van der Waals surface area (Å²) in [6.45, 7) is 15.9. The van der Waals surface area contributed by atoms with Gasteiger partial charge >= 0.3 is 11.9 Å². The van der Waals surface area contributed by atoms with Gasteiger partial charge in [-0.25, -0.2) is 13.2 Å². The van der Waals surface area contributed by atoms with E-state index in [9.17, 15) is 27.9 Å². The first-order chi connectivity index (χ1) is 27.4. The van der Waals surface area contributed by atoms with Crippen LogP contribution in [-0.2, 0) is 35.4 Å². The summed E-state index contributed by atoms with van der Waals surface area (Å²) in [5.74, 6) is -1.65. The summed E-state index contributed by atoms with van der Waals surface area (Å²) in [5, 5.41) is 20.8. The third-order valence-electron chi connectivity index (χ3n) is 9.60. The second kappa shape index (κ2) is 27.8. The zero-order chi connectivity index (χ0) is 43.8. The third-order valence-corrected chi connectivity index (χ3v) is 11.2. The molecule has 1 heterocycles. The Labute approximate surface area is 352 Å². The number of carbonyl (C=O) groups is 3. The molecule has 3 rings (SSSR count). The Hall–Kier alpha value is -3.75. The largest absolute Gasteiger partial charge is 0.481 e. The lowest BCUT2D eigenvalue weighted by molar-refractivity contribution is -0.141. The van der Waals surface area contributed by atoms with Gasteiger partial charge in [-0.3, -0.25) is 14.5 Å². The number of hydrogen-bond acceptors (Lipinski definition) is 9. The fourth-order valence-corrected chi connectivity index (χ4v) is 7.64. The molecule has 0 aromatic heterocycles. The highest BCUT2D eigenvalue weighted by atomic mass is 32.2. The van der Waals surface area contributed by atoms with E-state index < -0.39 is 33.7 Å². The quantitative estimate of drug-likeness (QED) is 0.104. The lowest BCUT2D eigenvalue weighted by atomic mass is 9.93. The molecule has 2 aromatic rings. The molecule has 58 heavy (non-hydrogen) atoms. The van der Waals surface area contributed by atoms with Crippen LogP contribution in [0.25, 0.3) is 11.1 Å². The van der Waals surface area contributed by atoms with Crippen molar-refractivity contribution in [1.29, 1.82) is 0 Å². The number of sulfone groups is 1. The van der Waals surface area contributed by atoms with Crippen molar-refractivity contribution in [3.8, 4) is 11.1 Å². The van der Waals surface area contributed by atoms with Gasteiger partial charge in [-0.15, -0.1) is 0 Å². The van der Waals surface area contributed by atoms with Gasteiger partial charge in [-0.2, -0.15) is 11.8 Å². The normalized spacial score (nSPS) is 16.8. The number of ether oxygens (including phenoxy) is 2. The number of aryl methyl sites for hydroxylation is 1. The molecule has 0 aliphatic carbocycles. The van der Waals surface area contributed by atoms with Gasteiger partial charge in [-0.1, -0.05) is 87.6 Å². The monoisotopic (exact) mass is 844 g/mol. The van der Waals surface area contributed by atoms with E-state index in [1.54, 1.807) is 32.1 Å². The van der Waals surface area contributed by atoms with Crippen molar-refractivity contribution in [1.82, 2.24) is 10.2 Å². The highest BCUT2D eigenvalue weighted by molar-refractivity contribution is 7.98. The van der Waals surface area contributed by atoms with Crippen LogP contribution in [0, 0.1) is 18.8 Å². The van der Waals surface area contributed by atoms with E-state index in [2.05, 4.69) is 55.8 Å². The maximum atomic E-state index is 13.5. The molecule has 11 nitrogen and oxygen atoms in total. The Kier molecular flexibility index (Phi) is 25.1. The van der Waals surface area contributed by atoms with Gasteiger partial charge in [0.05, 0.1) is 18.3 Å². The first-order valence-corrected chi connectivity index (χ1v) is 23.2. The molecule has 0 bridgehead atoms. The van der Waals surface area contributed by atoms with E-state index >= 15 is 0 Å². The van der Waals surface area contributed by atoms with Crippen LogP contribution in [0.4, 0.5) is 0 Å². The molecule has 13 heteroatoms. The molecule has 1 amide bonds. The lowest BCUT2D eigenvalue weighted by Crippen LogP contribution is -2.41. The second-order valence-electron chi connectivity index (χ2n) is 15.0. The number of carbonyl (C=O) groups excluding carboxylic acids is 1. The Morgan fingerprint density at radius 3 is 2.19 bits per heavy atom. The summed E-state index contributed by atoms with van der Waals surface area (Å²) >= 11 is 1.56. The molecule has 324 valence electrons. The zero-order valence-corrected chi connectivity index (χ0v) is 37.7. The van der Waals surface area contributed by atoms with Gasteiger partial charge in [0.1, 0.15) is 15.9 Å². The summed E-state index contributed by atoms with van der Waals surface area (Å²) in [6, 6.07) is 13.7. The van der Waals surface area contributed by atoms with Gasteiger partial charge in [0, 0.05) is 51.3 Å². The SMILES string of the molecule is C=C/C=C\C(=C/C)CC1CC[C@H](COC)N1Cc1ccc(C(=O)NC(CCSC)C(=O)O)c(-c2ccccc2C)c1.CC(CCS(C)(=O)=O)C(=O)O.COCC(C)C. The number of nitrogens with one attached hydrogen (secondary N) is 1. The summed E-state index contributed by atoms with van der Waals surface area (Å²) in [7, 11) is 0.459. The van der Waals surface area contributed by atoms with Crippen LogP contribution in [0.15, 0.2) is 78.9 Å². The molecule has 0 radical (unpaired) electrons. The fraction of sp³-hybridized carbons (Fsp3) is 0.533. The van der Waals surface area contributed by atoms with Gasteiger partial charge < -0.3 is 25.0 Å². The number of likely N-dealkylation sites (tertiary alicyclic amines) is 1. The molecule has 1 fully saturated rings. The number of aliphatic carboxylic acids is 2. The number of thioether (sulfide) groups is 1. The fourth-order valence-electron chi connectivity index (χ4n) is 6.38. The Morgan fingerprint density at radius 2 is 1.67 bits per heavy atom. The zero-order valence-electron chi connectivity index (χ0n) is 36.0. The molecular weight excluding hydrogens is 777 g/mol. The molecule has 1 aliphatic heterocycles. The number of allylic oxidation sites excluding steroid dienone is 4. The molecular formula is C45H68N2O9S2. The minimum atomic E-state index is -3.02. The van der Waals surface area contributed by atoms with Crippen LogP contribution in [0.2, 0.25) is 0 Å². The first kappa shape index (κ1) is 52.3. The number of rotatable bonds is 21. The minimum Gasteiger partial charge on any atom is -0.481 e. The first-order valence-electron chi connectivity index (χ1n) is 19.7. The summed E-state index contributed by atoms with van der Waals surface area (Å²) in [5.41, 5.74) is 5.70. The average molecular weight is 845 g/mol. The van der Waals surface area contributed by atoms with Crippen molar-refractivity contribution in [3.63, 3.8) is 0 Å². The van der Waals surface area contributed by atoms with E-state index in [1.807, 2.05) is 55.7 Å². The van der Waals surface area contributed by atoms with Crippen LogP contribution in [0.5, 0.6) is 0 Å². The molecule has 0 saturated carbocycles. The Bertz CT molecular complexity index is 1760. The van der Waals surface area contributed by atoms with Crippen molar-refractivity contribution in [3.05, 3.63) is 95.6 Å². The van der Waals surface area contributed by atoms with E-state index in [-0.39, 0.29) is 18.1 Å². The molecule has 1 saturated heterocycles. The van der Waals surface area contributed by atoms with Crippen molar-refractivity contribution in [2.75, 3.05) is 51.5 Å². The predicted octanol–water partition coefficient (Wildman–Crippen LogP) is 8.09.